The summed E-state index contributed by atoms with van der Waals surface area (Å²) in [5.41, 5.74) is 7.97. The first-order valence-electron chi connectivity index (χ1n) is 6.34. The molecular formula is C15H18FN3. The Hall–Kier alpha value is -1.78. The highest BCUT2D eigenvalue weighted by Gasteiger charge is 2.07. The largest absolute Gasteiger partial charge is 0.329 e. The number of nitrogens with two attached hydrogens (primary N) is 1. The second-order valence-electron chi connectivity index (χ2n) is 4.51. The Kier molecular flexibility index (Phi) is 5.01. The van der Waals surface area contributed by atoms with E-state index in [2.05, 4.69) is 10.3 Å². The van der Waals surface area contributed by atoms with Gasteiger partial charge in [-0.2, -0.15) is 0 Å². The third-order valence-corrected chi connectivity index (χ3v) is 3.00. The van der Waals surface area contributed by atoms with Crippen LogP contribution in [0, 0.1) is 5.82 Å². The fraction of sp³-hybridized carbons (Fsp3) is 0.267. The Labute approximate surface area is 112 Å². The molecule has 0 aliphatic carbocycles. The van der Waals surface area contributed by atoms with E-state index < -0.39 is 0 Å². The Bertz CT molecular complexity index is 485. The quantitative estimate of drug-likeness (QED) is 0.833. The number of halogens is 1. The first kappa shape index (κ1) is 13.6. The van der Waals surface area contributed by atoms with Gasteiger partial charge in [0.05, 0.1) is 0 Å². The number of aromatic nitrogens is 1. The SMILES string of the molecule is NCC(Cc1cccnc1)NCc1ccc(F)cc1. The standard InChI is InChI=1S/C15H18FN3/c16-14-5-3-12(4-6-14)11-19-15(9-17)8-13-2-1-7-18-10-13/h1-7,10,15,19H,8-9,11,17H2. The average molecular weight is 259 g/mol. The number of nitrogens with zero attached hydrogens (tertiary/aromatic N) is 1. The van der Waals surface area contributed by atoms with Gasteiger partial charge < -0.3 is 11.1 Å². The van der Waals surface area contributed by atoms with Crippen LogP contribution in [0.2, 0.25) is 0 Å². The summed E-state index contributed by atoms with van der Waals surface area (Å²) in [6.07, 6.45) is 4.45. The summed E-state index contributed by atoms with van der Waals surface area (Å²) < 4.78 is 12.8. The van der Waals surface area contributed by atoms with Crippen LogP contribution in [-0.2, 0) is 13.0 Å². The van der Waals surface area contributed by atoms with Gasteiger partial charge in [0.1, 0.15) is 5.82 Å². The minimum Gasteiger partial charge on any atom is -0.329 e. The lowest BCUT2D eigenvalue weighted by Crippen LogP contribution is -2.37. The molecule has 0 fully saturated rings. The number of hydrogen-bond acceptors (Lipinski definition) is 3. The van der Waals surface area contributed by atoms with Crippen molar-refractivity contribution in [3.8, 4) is 0 Å². The molecule has 2 aromatic rings. The van der Waals surface area contributed by atoms with Crippen LogP contribution in [-0.4, -0.2) is 17.6 Å². The molecule has 0 aliphatic heterocycles. The van der Waals surface area contributed by atoms with Crippen molar-refractivity contribution in [3.63, 3.8) is 0 Å². The fourth-order valence-corrected chi connectivity index (χ4v) is 1.91. The molecule has 1 aromatic heterocycles. The van der Waals surface area contributed by atoms with Gasteiger partial charge in [-0.05, 0) is 35.7 Å². The molecule has 0 amide bonds. The molecule has 1 aromatic carbocycles. The highest BCUT2D eigenvalue weighted by Crippen LogP contribution is 2.04. The molecule has 2 rings (SSSR count). The summed E-state index contributed by atoms with van der Waals surface area (Å²) in [4.78, 5) is 4.09. The van der Waals surface area contributed by atoms with Crippen LogP contribution in [0.5, 0.6) is 0 Å². The van der Waals surface area contributed by atoms with E-state index in [-0.39, 0.29) is 11.9 Å². The minimum atomic E-state index is -0.213. The zero-order valence-corrected chi connectivity index (χ0v) is 10.7. The molecule has 0 saturated carbocycles. The maximum atomic E-state index is 12.8. The lowest BCUT2D eigenvalue weighted by molar-refractivity contribution is 0.514. The van der Waals surface area contributed by atoms with E-state index in [0.717, 1.165) is 17.5 Å². The Morgan fingerprint density at radius 3 is 2.58 bits per heavy atom. The lowest BCUT2D eigenvalue weighted by atomic mass is 10.1. The van der Waals surface area contributed by atoms with Crippen molar-refractivity contribution in [1.82, 2.24) is 10.3 Å². The Balaban J connectivity index is 1.87. The highest BCUT2D eigenvalue weighted by molar-refractivity contribution is 5.16. The maximum Gasteiger partial charge on any atom is 0.123 e. The summed E-state index contributed by atoms with van der Waals surface area (Å²) in [6, 6.07) is 10.6. The van der Waals surface area contributed by atoms with Crippen molar-refractivity contribution < 1.29 is 4.39 Å². The minimum absolute atomic E-state index is 0.189. The molecule has 4 heteroatoms. The first-order chi connectivity index (χ1) is 9.28. The summed E-state index contributed by atoms with van der Waals surface area (Å²) in [5.74, 6) is -0.213. The molecular weight excluding hydrogens is 241 g/mol. The molecule has 1 atom stereocenters. The smallest absolute Gasteiger partial charge is 0.123 e. The Morgan fingerprint density at radius 1 is 1.16 bits per heavy atom. The van der Waals surface area contributed by atoms with Crippen molar-refractivity contribution >= 4 is 0 Å². The van der Waals surface area contributed by atoms with Crippen LogP contribution < -0.4 is 11.1 Å². The van der Waals surface area contributed by atoms with Gasteiger partial charge >= 0.3 is 0 Å². The molecule has 0 bridgehead atoms. The van der Waals surface area contributed by atoms with Crippen LogP contribution in [0.3, 0.4) is 0 Å². The monoisotopic (exact) mass is 259 g/mol. The van der Waals surface area contributed by atoms with E-state index in [1.54, 1.807) is 18.3 Å². The maximum absolute atomic E-state index is 12.8. The number of rotatable bonds is 6. The zero-order valence-electron chi connectivity index (χ0n) is 10.7. The second-order valence-corrected chi connectivity index (χ2v) is 4.51. The van der Waals surface area contributed by atoms with Crippen LogP contribution in [0.4, 0.5) is 4.39 Å². The van der Waals surface area contributed by atoms with Gasteiger partial charge in [0, 0.05) is 31.5 Å². The number of nitrogens with one attached hydrogen (secondary N) is 1. The zero-order chi connectivity index (χ0) is 13.5. The fourth-order valence-electron chi connectivity index (χ4n) is 1.91. The summed E-state index contributed by atoms with van der Waals surface area (Å²) in [5, 5.41) is 3.38. The van der Waals surface area contributed by atoms with Crippen molar-refractivity contribution in [3.05, 3.63) is 65.7 Å². The summed E-state index contributed by atoms with van der Waals surface area (Å²) in [6.45, 7) is 1.23. The normalized spacial score (nSPS) is 12.3. The molecule has 0 radical (unpaired) electrons. The molecule has 3 nitrogen and oxygen atoms in total. The van der Waals surface area contributed by atoms with Gasteiger partial charge in [-0.1, -0.05) is 18.2 Å². The number of hydrogen-bond donors (Lipinski definition) is 2. The average Bonchev–Trinajstić information content (AvgIpc) is 2.46. The molecule has 100 valence electrons. The van der Waals surface area contributed by atoms with E-state index in [1.165, 1.54) is 12.1 Å². The van der Waals surface area contributed by atoms with Crippen molar-refractivity contribution in [2.75, 3.05) is 6.54 Å². The number of pyridine rings is 1. The first-order valence-corrected chi connectivity index (χ1v) is 6.34. The van der Waals surface area contributed by atoms with Crippen LogP contribution in [0.15, 0.2) is 48.8 Å². The second kappa shape index (κ2) is 6.97. The molecule has 1 unspecified atom stereocenters. The van der Waals surface area contributed by atoms with E-state index in [4.69, 9.17) is 5.73 Å². The van der Waals surface area contributed by atoms with Gasteiger partial charge in [-0.3, -0.25) is 4.98 Å². The summed E-state index contributed by atoms with van der Waals surface area (Å²) in [7, 11) is 0. The topological polar surface area (TPSA) is 50.9 Å². The van der Waals surface area contributed by atoms with E-state index in [1.807, 2.05) is 18.3 Å². The van der Waals surface area contributed by atoms with E-state index in [0.29, 0.717) is 13.1 Å². The summed E-state index contributed by atoms with van der Waals surface area (Å²) >= 11 is 0. The van der Waals surface area contributed by atoms with Gasteiger partial charge in [0.25, 0.3) is 0 Å². The van der Waals surface area contributed by atoms with E-state index in [9.17, 15) is 4.39 Å². The predicted octanol–water partition coefficient (Wildman–Crippen LogP) is 1.88. The molecule has 3 N–H and O–H groups in total. The Morgan fingerprint density at radius 2 is 1.95 bits per heavy atom. The van der Waals surface area contributed by atoms with Crippen molar-refractivity contribution in [2.45, 2.75) is 19.0 Å². The van der Waals surface area contributed by atoms with Gasteiger partial charge in [-0.25, -0.2) is 4.39 Å². The highest BCUT2D eigenvalue weighted by atomic mass is 19.1. The molecule has 0 aliphatic rings. The lowest BCUT2D eigenvalue weighted by Gasteiger charge is -2.16. The van der Waals surface area contributed by atoms with Gasteiger partial charge in [0.15, 0.2) is 0 Å². The van der Waals surface area contributed by atoms with Crippen molar-refractivity contribution in [2.24, 2.45) is 5.73 Å². The van der Waals surface area contributed by atoms with Crippen LogP contribution in [0.1, 0.15) is 11.1 Å². The van der Waals surface area contributed by atoms with Crippen molar-refractivity contribution in [1.29, 1.82) is 0 Å². The third kappa shape index (κ3) is 4.43. The molecule has 0 saturated heterocycles. The molecule has 19 heavy (non-hydrogen) atoms. The predicted molar refractivity (Wildman–Crippen MR) is 74.0 cm³/mol. The van der Waals surface area contributed by atoms with Gasteiger partial charge in [0.2, 0.25) is 0 Å². The molecule has 0 spiro atoms. The molecule has 1 heterocycles. The number of benzene rings is 1. The third-order valence-electron chi connectivity index (χ3n) is 3.00. The van der Waals surface area contributed by atoms with E-state index >= 15 is 0 Å². The van der Waals surface area contributed by atoms with Gasteiger partial charge in [-0.15, -0.1) is 0 Å². The van der Waals surface area contributed by atoms with Crippen LogP contribution >= 0.6 is 0 Å². The van der Waals surface area contributed by atoms with Crippen LogP contribution in [0.25, 0.3) is 0 Å².